The van der Waals surface area contributed by atoms with Crippen LogP contribution < -0.4 is 0 Å². The van der Waals surface area contributed by atoms with Gasteiger partial charge in [0.1, 0.15) is 12.9 Å². The van der Waals surface area contributed by atoms with Crippen molar-refractivity contribution in [3.8, 4) is 0 Å². The van der Waals surface area contributed by atoms with Crippen molar-refractivity contribution in [2.75, 3.05) is 6.61 Å². The van der Waals surface area contributed by atoms with Gasteiger partial charge in [-0.3, -0.25) is 4.79 Å². The molecule has 0 aliphatic rings. The van der Waals surface area contributed by atoms with E-state index >= 15 is 0 Å². The predicted octanol–water partition coefficient (Wildman–Crippen LogP) is 3.82. The van der Waals surface area contributed by atoms with Crippen LogP contribution in [-0.2, 0) is 14.3 Å². The van der Waals surface area contributed by atoms with Crippen molar-refractivity contribution in [1.29, 1.82) is 0 Å². The summed E-state index contributed by atoms with van der Waals surface area (Å²) < 4.78 is 5.04. The molecule has 0 rings (SSSR count). The summed E-state index contributed by atoms with van der Waals surface area (Å²) in [4.78, 5) is 21.3. The third-order valence-electron chi connectivity index (χ3n) is 2.68. The number of carbonyl (C=O) groups is 2. The van der Waals surface area contributed by atoms with Gasteiger partial charge < -0.3 is 9.53 Å². The van der Waals surface area contributed by atoms with Crippen molar-refractivity contribution in [2.24, 2.45) is 0 Å². The highest BCUT2D eigenvalue weighted by atomic mass is 16.5. The third kappa shape index (κ3) is 12.9. The van der Waals surface area contributed by atoms with Crippen molar-refractivity contribution in [1.82, 2.24) is 0 Å². The second-order valence-electron chi connectivity index (χ2n) is 4.42. The molecule has 0 aliphatic carbocycles. The highest BCUT2D eigenvalue weighted by molar-refractivity contribution is 5.69. The number of ether oxygens (including phenoxy) is 1. The Kier molecular flexibility index (Phi) is 13.1. The van der Waals surface area contributed by atoms with Gasteiger partial charge in [-0.05, 0) is 25.7 Å². The molecule has 0 aliphatic heterocycles. The molecule has 0 bridgehead atoms. The van der Waals surface area contributed by atoms with E-state index in [1.165, 1.54) is 25.7 Å². The quantitative estimate of drug-likeness (QED) is 0.230. The normalized spacial score (nSPS) is 10.7. The molecule has 0 spiro atoms. The maximum absolute atomic E-state index is 11.2. The molecular weight excluding hydrogens is 228 g/mol. The first-order valence-corrected chi connectivity index (χ1v) is 7.05. The molecule has 0 fully saturated rings. The van der Waals surface area contributed by atoms with Gasteiger partial charge in [0.25, 0.3) is 0 Å². The number of hydrogen-bond acceptors (Lipinski definition) is 3. The fourth-order valence-corrected chi connectivity index (χ4v) is 1.59. The number of hydrogen-bond donors (Lipinski definition) is 0. The van der Waals surface area contributed by atoms with Gasteiger partial charge >= 0.3 is 5.97 Å². The van der Waals surface area contributed by atoms with Gasteiger partial charge in [0, 0.05) is 12.8 Å². The first-order chi connectivity index (χ1) is 8.81. The zero-order valence-corrected chi connectivity index (χ0v) is 11.5. The Morgan fingerprint density at radius 3 is 2.50 bits per heavy atom. The van der Waals surface area contributed by atoms with E-state index in [9.17, 15) is 9.59 Å². The Labute approximate surface area is 111 Å². The van der Waals surface area contributed by atoms with Crippen LogP contribution in [0.15, 0.2) is 12.2 Å². The average Bonchev–Trinajstić information content (AvgIpc) is 2.38. The lowest BCUT2D eigenvalue weighted by molar-refractivity contribution is -0.142. The number of carbonyl (C=O) groups excluding carboxylic acids is 2. The highest BCUT2D eigenvalue weighted by Crippen LogP contribution is 2.03. The van der Waals surface area contributed by atoms with Crippen LogP contribution in [0.1, 0.15) is 64.7 Å². The van der Waals surface area contributed by atoms with Gasteiger partial charge in [-0.1, -0.05) is 38.3 Å². The number of unbranched alkanes of at least 4 members (excludes halogenated alkanes) is 6. The third-order valence-corrected chi connectivity index (χ3v) is 2.68. The summed E-state index contributed by atoms with van der Waals surface area (Å²) in [6, 6.07) is 0. The van der Waals surface area contributed by atoms with Crippen LogP contribution in [0.25, 0.3) is 0 Å². The van der Waals surface area contributed by atoms with Crippen molar-refractivity contribution in [3.63, 3.8) is 0 Å². The Balaban J connectivity index is 3.28. The Morgan fingerprint density at radius 1 is 1.00 bits per heavy atom. The molecule has 0 aromatic heterocycles. The summed E-state index contributed by atoms with van der Waals surface area (Å²) >= 11 is 0. The minimum Gasteiger partial charge on any atom is -0.461 e. The van der Waals surface area contributed by atoms with Gasteiger partial charge in [0.15, 0.2) is 0 Å². The zero-order valence-electron chi connectivity index (χ0n) is 11.5. The monoisotopic (exact) mass is 254 g/mol. The van der Waals surface area contributed by atoms with E-state index < -0.39 is 0 Å². The highest BCUT2D eigenvalue weighted by Gasteiger charge is 2.00. The van der Waals surface area contributed by atoms with Gasteiger partial charge in [-0.15, -0.1) is 0 Å². The van der Waals surface area contributed by atoms with Crippen LogP contribution in [0.3, 0.4) is 0 Å². The molecule has 0 amide bonds. The first kappa shape index (κ1) is 16.9. The van der Waals surface area contributed by atoms with E-state index in [1.807, 2.05) is 6.08 Å². The molecule has 0 heterocycles. The summed E-state index contributed by atoms with van der Waals surface area (Å²) in [5.74, 6) is -0.170. The molecule has 18 heavy (non-hydrogen) atoms. The molecule has 104 valence electrons. The maximum atomic E-state index is 11.2. The second kappa shape index (κ2) is 13.9. The molecule has 0 unspecified atom stereocenters. The smallest absolute Gasteiger partial charge is 0.306 e. The predicted molar refractivity (Wildman–Crippen MR) is 73.4 cm³/mol. The van der Waals surface area contributed by atoms with E-state index in [1.54, 1.807) is 0 Å². The Bertz CT molecular complexity index is 234. The van der Waals surface area contributed by atoms with Crippen molar-refractivity contribution in [3.05, 3.63) is 12.2 Å². The summed E-state index contributed by atoms with van der Waals surface area (Å²) in [5.41, 5.74) is 0. The minimum absolute atomic E-state index is 0.170. The van der Waals surface area contributed by atoms with E-state index in [4.69, 9.17) is 4.74 Å². The first-order valence-electron chi connectivity index (χ1n) is 7.05. The van der Waals surface area contributed by atoms with E-state index in [2.05, 4.69) is 13.0 Å². The molecular formula is C15H26O3. The SMILES string of the molecule is CCCCCCC=CCOC(=O)CCCCC=O. The number of rotatable bonds is 12. The fraction of sp³-hybridized carbons (Fsp3) is 0.733. The molecule has 0 aromatic rings. The van der Waals surface area contributed by atoms with Crippen LogP contribution in [0.4, 0.5) is 0 Å². The van der Waals surface area contributed by atoms with Crippen LogP contribution in [-0.4, -0.2) is 18.9 Å². The van der Waals surface area contributed by atoms with Crippen LogP contribution in [0, 0.1) is 0 Å². The number of allylic oxidation sites excluding steroid dienone is 1. The lowest BCUT2D eigenvalue weighted by Crippen LogP contribution is -2.04. The minimum atomic E-state index is -0.170. The average molecular weight is 254 g/mol. The second-order valence-corrected chi connectivity index (χ2v) is 4.42. The lowest BCUT2D eigenvalue weighted by atomic mass is 10.1. The van der Waals surface area contributed by atoms with Crippen LogP contribution >= 0.6 is 0 Å². The summed E-state index contributed by atoms with van der Waals surface area (Å²) in [6.07, 6.45) is 13.4. The standard InChI is InChI=1S/C15H26O3/c1-2-3-4-5-6-7-11-14-18-15(17)12-9-8-10-13-16/h7,11,13H,2-6,8-10,12,14H2,1H3. The fourth-order valence-electron chi connectivity index (χ4n) is 1.59. The molecule has 0 radical (unpaired) electrons. The van der Waals surface area contributed by atoms with Crippen LogP contribution in [0.5, 0.6) is 0 Å². The van der Waals surface area contributed by atoms with E-state index in [-0.39, 0.29) is 5.97 Å². The molecule has 0 saturated heterocycles. The van der Waals surface area contributed by atoms with Crippen molar-refractivity contribution >= 4 is 12.3 Å². The number of esters is 1. The van der Waals surface area contributed by atoms with Crippen molar-refractivity contribution < 1.29 is 14.3 Å². The van der Waals surface area contributed by atoms with E-state index in [0.717, 1.165) is 25.5 Å². The summed E-state index contributed by atoms with van der Waals surface area (Å²) in [7, 11) is 0. The molecule has 0 atom stereocenters. The van der Waals surface area contributed by atoms with Gasteiger partial charge in [-0.2, -0.15) is 0 Å². The molecule has 0 aromatic carbocycles. The number of aldehydes is 1. The summed E-state index contributed by atoms with van der Waals surface area (Å²) in [5, 5.41) is 0. The zero-order chi connectivity index (χ0) is 13.5. The molecule has 3 heteroatoms. The molecule has 0 N–H and O–H groups in total. The largest absolute Gasteiger partial charge is 0.461 e. The molecule has 0 saturated carbocycles. The van der Waals surface area contributed by atoms with Gasteiger partial charge in [0.05, 0.1) is 0 Å². The summed E-state index contributed by atoms with van der Waals surface area (Å²) in [6.45, 7) is 2.57. The van der Waals surface area contributed by atoms with Gasteiger partial charge in [-0.25, -0.2) is 0 Å². The molecule has 3 nitrogen and oxygen atoms in total. The Hall–Kier alpha value is -1.12. The van der Waals surface area contributed by atoms with Crippen LogP contribution in [0.2, 0.25) is 0 Å². The Morgan fingerprint density at radius 2 is 1.78 bits per heavy atom. The van der Waals surface area contributed by atoms with E-state index in [0.29, 0.717) is 19.4 Å². The van der Waals surface area contributed by atoms with Gasteiger partial charge in [0.2, 0.25) is 0 Å². The topological polar surface area (TPSA) is 43.4 Å². The van der Waals surface area contributed by atoms with Crippen molar-refractivity contribution in [2.45, 2.75) is 64.7 Å². The lowest BCUT2D eigenvalue weighted by Gasteiger charge is -2.00. The maximum Gasteiger partial charge on any atom is 0.306 e.